The summed E-state index contributed by atoms with van der Waals surface area (Å²) in [5.41, 5.74) is 7.74. The number of pyridine rings is 1. The second-order valence-corrected chi connectivity index (χ2v) is 3.74. The summed E-state index contributed by atoms with van der Waals surface area (Å²) >= 11 is 0. The first-order valence-electron chi connectivity index (χ1n) is 4.95. The van der Waals surface area contributed by atoms with Crippen molar-refractivity contribution in [1.82, 2.24) is 10.3 Å². The quantitative estimate of drug-likeness (QED) is 0.679. The zero-order chi connectivity index (χ0) is 9.97. The van der Waals surface area contributed by atoms with Crippen molar-refractivity contribution < 1.29 is 0 Å². The lowest BCUT2D eigenvalue weighted by Crippen LogP contribution is -2.49. The molecule has 1 atom stereocenters. The zero-order valence-electron chi connectivity index (χ0n) is 8.40. The Morgan fingerprint density at radius 3 is 3.21 bits per heavy atom. The average Bonchev–Trinajstić information content (AvgIpc) is 2.18. The summed E-state index contributed by atoms with van der Waals surface area (Å²) in [6, 6.07) is 2.50. The molecule has 0 saturated carbocycles. The van der Waals surface area contributed by atoms with E-state index in [1.54, 1.807) is 12.4 Å². The molecule has 0 bridgehead atoms. The predicted octanol–water partition coefficient (Wildman–Crippen LogP) is 0.462. The minimum absolute atomic E-state index is 0.524. The van der Waals surface area contributed by atoms with Crippen molar-refractivity contribution >= 4 is 11.4 Å². The number of aromatic nitrogens is 1. The third-order valence-electron chi connectivity index (χ3n) is 2.54. The topological polar surface area (TPSA) is 54.2 Å². The van der Waals surface area contributed by atoms with E-state index in [1.165, 1.54) is 0 Å². The lowest BCUT2D eigenvalue weighted by molar-refractivity contribution is 0.485. The molecule has 0 spiro atoms. The highest BCUT2D eigenvalue weighted by Crippen LogP contribution is 2.22. The lowest BCUT2D eigenvalue weighted by atomic mass is 10.2. The third kappa shape index (κ3) is 1.80. The first-order valence-corrected chi connectivity index (χ1v) is 4.95. The molecule has 4 heteroatoms. The zero-order valence-corrected chi connectivity index (χ0v) is 8.40. The van der Waals surface area contributed by atoms with Gasteiger partial charge in [-0.2, -0.15) is 0 Å². The molecular formula is C10H16N4. The van der Waals surface area contributed by atoms with Gasteiger partial charge in [-0.25, -0.2) is 0 Å². The van der Waals surface area contributed by atoms with Gasteiger partial charge in [-0.1, -0.05) is 0 Å². The molecule has 0 aliphatic carbocycles. The maximum atomic E-state index is 5.87. The molecule has 0 unspecified atom stereocenters. The van der Waals surface area contributed by atoms with Crippen LogP contribution in [0.25, 0.3) is 0 Å². The fourth-order valence-corrected chi connectivity index (χ4v) is 1.84. The number of nitrogen functional groups attached to an aromatic ring is 1. The number of nitrogens with one attached hydrogen (secondary N) is 1. The molecule has 0 aromatic carbocycles. The second-order valence-electron chi connectivity index (χ2n) is 3.74. The van der Waals surface area contributed by atoms with Crippen molar-refractivity contribution in [3.63, 3.8) is 0 Å². The Balaban J connectivity index is 2.18. The molecule has 2 heterocycles. The highest BCUT2D eigenvalue weighted by molar-refractivity contribution is 5.66. The van der Waals surface area contributed by atoms with Crippen LogP contribution >= 0.6 is 0 Å². The van der Waals surface area contributed by atoms with Gasteiger partial charge in [0.1, 0.15) is 0 Å². The van der Waals surface area contributed by atoms with Crippen LogP contribution in [-0.4, -0.2) is 30.7 Å². The number of nitrogens with zero attached hydrogens (tertiary/aromatic N) is 2. The standard InChI is InChI=1S/C10H16N4/c1-8-7-14(5-4-13-8)10-2-3-12-6-9(10)11/h2-3,6,8,13H,4-5,7,11H2,1H3/t8-/m1/s1. The Morgan fingerprint density at radius 1 is 1.64 bits per heavy atom. The Labute approximate surface area is 84.1 Å². The van der Waals surface area contributed by atoms with Gasteiger partial charge in [-0.3, -0.25) is 4.98 Å². The summed E-state index contributed by atoms with van der Waals surface area (Å²) in [6.07, 6.45) is 3.50. The summed E-state index contributed by atoms with van der Waals surface area (Å²) in [5.74, 6) is 0. The van der Waals surface area contributed by atoms with E-state index in [0.717, 1.165) is 31.0 Å². The third-order valence-corrected chi connectivity index (χ3v) is 2.54. The summed E-state index contributed by atoms with van der Waals surface area (Å²) in [7, 11) is 0. The van der Waals surface area contributed by atoms with Gasteiger partial charge >= 0.3 is 0 Å². The maximum Gasteiger partial charge on any atom is 0.0738 e. The lowest BCUT2D eigenvalue weighted by Gasteiger charge is -2.34. The van der Waals surface area contributed by atoms with Crippen LogP contribution in [0.1, 0.15) is 6.92 Å². The van der Waals surface area contributed by atoms with Crippen LogP contribution in [0.5, 0.6) is 0 Å². The van der Waals surface area contributed by atoms with Crippen molar-refractivity contribution in [3.8, 4) is 0 Å². The normalized spacial score (nSPS) is 22.4. The average molecular weight is 192 g/mol. The van der Waals surface area contributed by atoms with E-state index >= 15 is 0 Å². The molecule has 0 radical (unpaired) electrons. The largest absolute Gasteiger partial charge is 0.396 e. The SMILES string of the molecule is C[C@@H]1CN(c2ccncc2N)CCN1. The highest BCUT2D eigenvalue weighted by Gasteiger charge is 2.17. The molecule has 0 amide bonds. The minimum atomic E-state index is 0.524. The summed E-state index contributed by atoms with van der Waals surface area (Å²) in [6.45, 7) is 5.22. The van der Waals surface area contributed by atoms with E-state index in [4.69, 9.17) is 5.73 Å². The van der Waals surface area contributed by atoms with Gasteiger partial charge in [0.15, 0.2) is 0 Å². The van der Waals surface area contributed by atoms with Crippen LogP contribution < -0.4 is 16.0 Å². The molecule has 1 aliphatic rings. The second kappa shape index (κ2) is 3.84. The first kappa shape index (κ1) is 9.27. The van der Waals surface area contributed by atoms with Crippen molar-refractivity contribution in [3.05, 3.63) is 18.5 Å². The number of piperazine rings is 1. The maximum absolute atomic E-state index is 5.87. The summed E-state index contributed by atoms with van der Waals surface area (Å²) in [5, 5.41) is 3.40. The summed E-state index contributed by atoms with van der Waals surface area (Å²) in [4.78, 5) is 6.30. The Bertz CT molecular complexity index is 313. The first-order chi connectivity index (χ1) is 6.77. The van der Waals surface area contributed by atoms with Gasteiger partial charge in [0.05, 0.1) is 17.6 Å². The van der Waals surface area contributed by atoms with Crippen LogP contribution in [0.3, 0.4) is 0 Å². The van der Waals surface area contributed by atoms with E-state index in [9.17, 15) is 0 Å². The van der Waals surface area contributed by atoms with E-state index in [2.05, 4.69) is 22.1 Å². The molecular weight excluding hydrogens is 176 g/mol. The van der Waals surface area contributed by atoms with Crippen molar-refractivity contribution in [2.45, 2.75) is 13.0 Å². The molecule has 4 nitrogen and oxygen atoms in total. The van der Waals surface area contributed by atoms with Crippen LogP contribution in [0.2, 0.25) is 0 Å². The number of rotatable bonds is 1. The van der Waals surface area contributed by atoms with Gasteiger partial charge in [0.2, 0.25) is 0 Å². The van der Waals surface area contributed by atoms with Crippen LogP contribution in [0.4, 0.5) is 11.4 Å². The van der Waals surface area contributed by atoms with Gasteiger partial charge in [0, 0.05) is 31.9 Å². The van der Waals surface area contributed by atoms with Crippen molar-refractivity contribution in [1.29, 1.82) is 0 Å². The fourth-order valence-electron chi connectivity index (χ4n) is 1.84. The van der Waals surface area contributed by atoms with Gasteiger partial charge in [-0.05, 0) is 13.0 Å². The van der Waals surface area contributed by atoms with Crippen molar-refractivity contribution in [2.24, 2.45) is 0 Å². The number of anilines is 2. The van der Waals surface area contributed by atoms with Crippen LogP contribution in [0.15, 0.2) is 18.5 Å². The molecule has 3 N–H and O–H groups in total. The minimum Gasteiger partial charge on any atom is -0.396 e. The molecule has 14 heavy (non-hydrogen) atoms. The van der Waals surface area contributed by atoms with E-state index in [0.29, 0.717) is 6.04 Å². The number of hydrogen-bond donors (Lipinski definition) is 2. The van der Waals surface area contributed by atoms with Gasteiger partial charge in [-0.15, -0.1) is 0 Å². The van der Waals surface area contributed by atoms with Crippen molar-refractivity contribution in [2.75, 3.05) is 30.3 Å². The Morgan fingerprint density at radius 2 is 2.50 bits per heavy atom. The number of nitrogens with two attached hydrogens (primary N) is 1. The molecule has 2 rings (SSSR count). The Kier molecular flexibility index (Phi) is 2.54. The predicted molar refractivity (Wildman–Crippen MR) is 58.3 cm³/mol. The molecule has 76 valence electrons. The molecule has 1 aliphatic heterocycles. The van der Waals surface area contributed by atoms with E-state index in [1.807, 2.05) is 6.07 Å². The van der Waals surface area contributed by atoms with E-state index < -0.39 is 0 Å². The smallest absolute Gasteiger partial charge is 0.0738 e. The van der Waals surface area contributed by atoms with Gasteiger partial charge in [0.25, 0.3) is 0 Å². The van der Waals surface area contributed by atoms with E-state index in [-0.39, 0.29) is 0 Å². The highest BCUT2D eigenvalue weighted by atomic mass is 15.2. The fraction of sp³-hybridized carbons (Fsp3) is 0.500. The summed E-state index contributed by atoms with van der Waals surface area (Å²) < 4.78 is 0. The van der Waals surface area contributed by atoms with Crippen LogP contribution in [-0.2, 0) is 0 Å². The molecule has 1 fully saturated rings. The monoisotopic (exact) mass is 192 g/mol. The molecule has 1 aromatic rings. The number of hydrogen-bond acceptors (Lipinski definition) is 4. The van der Waals surface area contributed by atoms with Gasteiger partial charge < -0.3 is 16.0 Å². The molecule has 1 saturated heterocycles. The molecule has 1 aromatic heterocycles. The Hall–Kier alpha value is -1.29. The van der Waals surface area contributed by atoms with Crippen LogP contribution in [0, 0.1) is 0 Å².